The van der Waals surface area contributed by atoms with E-state index in [1.165, 1.54) is 12.1 Å². The first-order valence-electron chi connectivity index (χ1n) is 7.50. The molecule has 1 N–H and O–H groups in total. The Morgan fingerprint density at radius 1 is 1.41 bits per heavy atom. The molecule has 1 aliphatic rings. The lowest BCUT2D eigenvalue weighted by Gasteiger charge is -2.34. The predicted octanol–water partition coefficient (Wildman–Crippen LogP) is 2.36. The highest BCUT2D eigenvalue weighted by Gasteiger charge is 2.31. The average Bonchev–Trinajstić information content (AvgIpc) is 2.49. The van der Waals surface area contributed by atoms with E-state index in [1.54, 1.807) is 12.1 Å². The highest BCUT2D eigenvalue weighted by molar-refractivity contribution is 5.85. The number of hydrogen-bond acceptors (Lipinski definition) is 3. The molecule has 1 aromatic carbocycles. The molecule has 1 heterocycles. The van der Waals surface area contributed by atoms with Crippen molar-refractivity contribution in [3.05, 3.63) is 35.6 Å². The van der Waals surface area contributed by atoms with Crippen molar-refractivity contribution in [1.29, 1.82) is 0 Å². The number of hydrogen-bond donors (Lipinski definition) is 1. The molecule has 2 rings (SSSR count). The maximum Gasteiger partial charge on any atom is 0.242 e. The normalized spacial score (nSPS) is 21.0. The zero-order chi connectivity index (χ0) is 15.2. The zero-order valence-electron chi connectivity index (χ0n) is 13.0. The molecular weight excluding hydrogens is 307 g/mol. The number of ether oxygens (including phenoxy) is 1. The number of morpholine rings is 1. The number of rotatable bonds is 5. The number of nitrogens with one attached hydrogen (secondary N) is 1. The molecule has 1 aliphatic heterocycles. The second kappa shape index (κ2) is 9.08. The van der Waals surface area contributed by atoms with Crippen LogP contribution in [0.15, 0.2) is 24.3 Å². The zero-order valence-corrected chi connectivity index (χ0v) is 13.9. The maximum atomic E-state index is 13.0. The molecule has 0 aliphatic carbocycles. The van der Waals surface area contributed by atoms with Gasteiger partial charge in [0.1, 0.15) is 11.9 Å². The first-order chi connectivity index (χ1) is 10.1. The number of benzene rings is 1. The summed E-state index contributed by atoms with van der Waals surface area (Å²) >= 11 is 0. The van der Waals surface area contributed by atoms with E-state index in [0.717, 1.165) is 12.0 Å². The molecule has 1 saturated heterocycles. The fourth-order valence-electron chi connectivity index (χ4n) is 2.55. The first kappa shape index (κ1) is 18.9. The number of amides is 1. The van der Waals surface area contributed by atoms with Gasteiger partial charge in [-0.1, -0.05) is 19.1 Å². The van der Waals surface area contributed by atoms with Crippen LogP contribution in [0.25, 0.3) is 0 Å². The van der Waals surface area contributed by atoms with Crippen LogP contribution in [0.1, 0.15) is 25.8 Å². The number of halogens is 2. The molecule has 1 aromatic rings. The SMILES string of the molecule is CCCN(Cc1ccc(F)cc1)C(=O)[C@H]1NCCO[C@@H]1C.Cl. The minimum absolute atomic E-state index is 0. The molecule has 4 nitrogen and oxygen atoms in total. The molecule has 2 atom stereocenters. The molecule has 0 bridgehead atoms. The Bertz CT molecular complexity index is 470. The second-order valence-corrected chi connectivity index (χ2v) is 5.39. The van der Waals surface area contributed by atoms with Crippen LogP contribution < -0.4 is 5.32 Å². The fraction of sp³-hybridized carbons (Fsp3) is 0.562. The second-order valence-electron chi connectivity index (χ2n) is 5.39. The molecule has 0 unspecified atom stereocenters. The molecule has 1 fully saturated rings. The molecule has 22 heavy (non-hydrogen) atoms. The van der Waals surface area contributed by atoms with E-state index in [0.29, 0.717) is 26.2 Å². The van der Waals surface area contributed by atoms with E-state index in [-0.39, 0.29) is 36.3 Å². The summed E-state index contributed by atoms with van der Waals surface area (Å²) in [6, 6.07) is 5.99. The van der Waals surface area contributed by atoms with E-state index < -0.39 is 0 Å². The van der Waals surface area contributed by atoms with Gasteiger partial charge >= 0.3 is 0 Å². The van der Waals surface area contributed by atoms with Gasteiger partial charge in [0.05, 0.1) is 12.7 Å². The van der Waals surface area contributed by atoms with Gasteiger partial charge in [0.15, 0.2) is 0 Å². The highest BCUT2D eigenvalue weighted by Crippen LogP contribution is 2.12. The summed E-state index contributed by atoms with van der Waals surface area (Å²) in [4.78, 5) is 14.5. The van der Waals surface area contributed by atoms with Crippen LogP contribution in [-0.4, -0.2) is 42.6 Å². The van der Waals surface area contributed by atoms with Gasteiger partial charge in [-0.2, -0.15) is 0 Å². The lowest BCUT2D eigenvalue weighted by Crippen LogP contribution is -2.56. The first-order valence-corrected chi connectivity index (χ1v) is 7.50. The standard InChI is InChI=1S/C16H23FN2O2.ClH/c1-3-9-19(11-13-4-6-14(17)7-5-13)16(20)15-12(2)21-10-8-18-15;/h4-7,12,15,18H,3,8-11H2,1-2H3;1H/t12-,15+;/m1./s1. The smallest absolute Gasteiger partial charge is 0.242 e. The van der Waals surface area contributed by atoms with Gasteiger partial charge < -0.3 is 15.0 Å². The number of carbonyl (C=O) groups is 1. The summed E-state index contributed by atoms with van der Waals surface area (Å²) in [5, 5.41) is 3.23. The van der Waals surface area contributed by atoms with Crippen molar-refractivity contribution in [1.82, 2.24) is 10.2 Å². The summed E-state index contributed by atoms with van der Waals surface area (Å²) in [5.41, 5.74) is 0.933. The third-order valence-corrected chi connectivity index (χ3v) is 3.67. The molecule has 0 aromatic heterocycles. The summed E-state index contributed by atoms with van der Waals surface area (Å²) < 4.78 is 18.5. The van der Waals surface area contributed by atoms with Gasteiger partial charge in [-0.25, -0.2) is 4.39 Å². The van der Waals surface area contributed by atoms with Gasteiger partial charge in [0, 0.05) is 19.6 Å². The third-order valence-electron chi connectivity index (χ3n) is 3.67. The number of nitrogens with zero attached hydrogens (tertiary/aromatic N) is 1. The Kier molecular flexibility index (Phi) is 7.79. The van der Waals surface area contributed by atoms with Gasteiger partial charge in [-0.3, -0.25) is 4.79 Å². The Morgan fingerprint density at radius 3 is 2.68 bits per heavy atom. The van der Waals surface area contributed by atoms with Crippen molar-refractivity contribution in [3.63, 3.8) is 0 Å². The van der Waals surface area contributed by atoms with Gasteiger partial charge in [0.25, 0.3) is 0 Å². The van der Waals surface area contributed by atoms with Crippen molar-refractivity contribution in [2.24, 2.45) is 0 Å². The largest absolute Gasteiger partial charge is 0.375 e. The maximum absolute atomic E-state index is 13.0. The van der Waals surface area contributed by atoms with Crippen LogP contribution in [0, 0.1) is 5.82 Å². The highest BCUT2D eigenvalue weighted by atomic mass is 35.5. The molecule has 124 valence electrons. The van der Waals surface area contributed by atoms with Crippen LogP contribution in [0.4, 0.5) is 4.39 Å². The predicted molar refractivity (Wildman–Crippen MR) is 86.6 cm³/mol. The van der Waals surface area contributed by atoms with Crippen molar-refractivity contribution in [2.45, 2.75) is 39.0 Å². The minimum atomic E-state index is -0.300. The molecule has 0 spiro atoms. The van der Waals surface area contributed by atoms with Crippen molar-refractivity contribution in [2.75, 3.05) is 19.7 Å². The monoisotopic (exact) mass is 330 g/mol. The van der Waals surface area contributed by atoms with Crippen molar-refractivity contribution in [3.8, 4) is 0 Å². The lowest BCUT2D eigenvalue weighted by atomic mass is 10.1. The molecule has 0 radical (unpaired) electrons. The minimum Gasteiger partial charge on any atom is -0.375 e. The Hall–Kier alpha value is -1.17. The fourth-order valence-corrected chi connectivity index (χ4v) is 2.55. The number of carbonyl (C=O) groups excluding carboxylic acids is 1. The van der Waals surface area contributed by atoms with Crippen molar-refractivity contribution < 1.29 is 13.9 Å². The van der Waals surface area contributed by atoms with E-state index in [1.807, 2.05) is 18.7 Å². The van der Waals surface area contributed by atoms with Gasteiger partial charge in [-0.15, -0.1) is 12.4 Å². The summed E-state index contributed by atoms with van der Waals surface area (Å²) in [6.07, 6.45) is 0.758. The van der Waals surface area contributed by atoms with Crippen LogP contribution in [0.5, 0.6) is 0 Å². The molecule has 1 amide bonds. The van der Waals surface area contributed by atoms with Crippen LogP contribution >= 0.6 is 12.4 Å². The van der Waals surface area contributed by atoms with Crippen LogP contribution in [-0.2, 0) is 16.1 Å². The molecule has 0 saturated carbocycles. The molecular formula is C16H24ClFN2O2. The topological polar surface area (TPSA) is 41.6 Å². The van der Waals surface area contributed by atoms with Gasteiger partial charge in [-0.05, 0) is 31.0 Å². The van der Waals surface area contributed by atoms with E-state index in [4.69, 9.17) is 4.74 Å². The molecule has 6 heteroatoms. The van der Waals surface area contributed by atoms with E-state index in [9.17, 15) is 9.18 Å². The summed E-state index contributed by atoms with van der Waals surface area (Å²) in [7, 11) is 0. The van der Waals surface area contributed by atoms with Crippen LogP contribution in [0.3, 0.4) is 0 Å². The van der Waals surface area contributed by atoms with Gasteiger partial charge in [0.2, 0.25) is 5.91 Å². The van der Waals surface area contributed by atoms with Crippen molar-refractivity contribution >= 4 is 18.3 Å². The average molecular weight is 331 g/mol. The Morgan fingerprint density at radius 2 is 2.09 bits per heavy atom. The third kappa shape index (κ3) is 4.93. The van der Waals surface area contributed by atoms with E-state index >= 15 is 0 Å². The van der Waals surface area contributed by atoms with E-state index in [2.05, 4.69) is 5.32 Å². The Balaban J connectivity index is 0.00000242. The van der Waals surface area contributed by atoms with Crippen LogP contribution in [0.2, 0.25) is 0 Å². The quantitative estimate of drug-likeness (QED) is 0.901. The Labute approximate surface area is 137 Å². The summed E-state index contributed by atoms with van der Waals surface area (Å²) in [5.74, 6) is -0.212. The summed E-state index contributed by atoms with van der Waals surface area (Å²) in [6.45, 7) is 6.46. The lowest BCUT2D eigenvalue weighted by molar-refractivity contribution is -0.140.